The second kappa shape index (κ2) is 16.0. The van der Waals surface area contributed by atoms with E-state index in [0.717, 1.165) is 16.2 Å². The number of esters is 2. The van der Waals surface area contributed by atoms with Crippen molar-refractivity contribution in [2.24, 2.45) is 5.16 Å². The van der Waals surface area contributed by atoms with Crippen molar-refractivity contribution in [1.29, 1.82) is 0 Å². The lowest BCUT2D eigenvalue weighted by Crippen LogP contribution is -2.74. The highest BCUT2D eigenvalue weighted by Gasteiger charge is 2.57. The third-order valence-corrected chi connectivity index (χ3v) is 9.88. The van der Waals surface area contributed by atoms with E-state index in [1.165, 1.54) is 26.3 Å². The number of aromatic nitrogens is 1. The Morgan fingerprint density at radius 3 is 2.25 bits per heavy atom. The van der Waals surface area contributed by atoms with Gasteiger partial charge in [0.15, 0.2) is 10.8 Å². The maximum atomic E-state index is 13.9. The third-order valence-electron chi connectivity index (χ3n) is 7.47. The molecule has 2 aliphatic rings. The molecule has 53 heavy (non-hydrogen) atoms. The van der Waals surface area contributed by atoms with Crippen molar-refractivity contribution in [3.8, 4) is 5.75 Å². The normalized spacial score (nSPS) is 19.1. The van der Waals surface area contributed by atoms with Crippen LogP contribution in [0.1, 0.15) is 80.0 Å². The molecule has 18 heteroatoms. The van der Waals surface area contributed by atoms with Crippen molar-refractivity contribution in [3.05, 3.63) is 52.2 Å². The molecule has 3 amide bonds. The number of hydrogen-bond acceptors (Lipinski definition) is 14. The first-order valence-electron chi connectivity index (χ1n) is 16.6. The average Bonchev–Trinajstić information content (AvgIpc) is 3.51. The Hall–Kier alpha value is -4.84. The van der Waals surface area contributed by atoms with Gasteiger partial charge in [-0.05, 0) is 85.1 Å². The molecule has 0 saturated carbocycles. The van der Waals surface area contributed by atoms with Gasteiger partial charge in [-0.1, -0.05) is 24.2 Å². The second-order valence-electron chi connectivity index (χ2n) is 14.5. The van der Waals surface area contributed by atoms with Gasteiger partial charge in [0.05, 0.1) is 17.9 Å². The maximum Gasteiger partial charge on any atom is 0.413 e. The molecule has 0 aliphatic carbocycles. The van der Waals surface area contributed by atoms with Crippen LogP contribution in [0.15, 0.2) is 46.1 Å². The van der Waals surface area contributed by atoms with E-state index in [2.05, 4.69) is 20.8 Å². The number of β-lactam (4-membered cyclic amide) rings is 1. The molecule has 2 aliphatic heterocycles. The van der Waals surface area contributed by atoms with Crippen LogP contribution in [0.2, 0.25) is 0 Å². The number of nitrogens with zero attached hydrogens (tertiary/aromatic N) is 3. The summed E-state index contributed by atoms with van der Waals surface area (Å²) in [5.41, 5.74) is -2.72. The zero-order chi connectivity index (χ0) is 39.5. The molecule has 2 N–H and O–H groups in total. The smallest absolute Gasteiger partial charge is 0.413 e. The molecule has 2 aromatic rings. The Kier molecular flexibility index (Phi) is 12.4. The number of ether oxygens (including phenoxy) is 4. The molecule has 2 unspecified atom stereocenters. The first-order chi connectivity index (χ1) is 24.6. The number of anilines is 1. The second-order valence-corrected chi connectivity index (χ2v) is 16.9. The van der Waals surface area contributed by atoms with Crippen LogP contribution in [0.4, 0.5) is 9.93 Å². The minimum atomic E-state index is -1.71. The van der Waals surface area contributed by atoms with Crippen molar-refractivity contribution in [1.82, 2.24) is 15.2 Å². The lowest BCUT2D eigenvalue weighted by Gasteiger charge is -2.49. The SMILES string of the molecule is CCC1=C(C(=O)OCc2ccc(OC)cc2)N2C(=O)[C@@H](NC(=O)/C(=N\OC(C)(C)C(=O)OC(C)(C)C)c3csc(NC(=O)OC(C)(C)C)n3)C2S(=O)C1. The lowest BCUT2D eigenvalue weighted by atomic mass is 10.0. The van der Waals surface area contributed by atoms with E-state index in [1.807, 2.05) is 0 Å². The summed E-state index contributed by atoms with van der Waals surface area (Å²) in [5, 5.41) is 9.37. The highest BCUT2D eigenvalue weighted by atomic mass is 32.2. The molecule has 1 aromatic carbocycles. The van der Waals surface area contributed by atoms with Gasteiger partial charge in [-0.25, -0.2) is 19.4 Å². The highest BCUT2D eigenvalue weighted by Crippen LogP contribution is 2.36. The minimum absolute atomic E-state index is 0.0187. The van der Waals surface area contributed by atoms with E-state index in [4.69, 9.17) is 23.8 Å². The lowest BCUT2D eigenvalue weighted by molar-refractivity contribution is -0.179. The van der Waals surface area contributed by atoms with Crippen LogP contribution in [0.5, 0.6) is 5.75 Å². The molecule has 16 nitrogen and oxygen atoms in total. The molecule has 1 aromatic heterocycles. The fourth-order valence-electron chi connectivity index (χ4n) is 4.89. The zero-order valence-electron chi connectivity index (χ0n) is 31.3. The average molecular weight is 776 g/mol. The summed E-state index contributed by atoms with van der Waals surface area (Å²) in [7, 11) is -0.171. The fourth-order valence-corrected chi connectivity index (χ4v) is 7.36. The van der Waals surface area contributed by atoms with E-state index >= 15 is 0 Å². The van der Waals surface area contributed by atoms with Crippen LogP contribution in [-0.4, -0.2) is 90.7 Å². The predicted octanol–water partition coefficient (Wildman–Crippen LogP) is 4.16. The molecule has 288 valence electrons. The number of hydrogen-bond donors (Lipinski definition) is 2. The summed E-state index contributed by atoms with van der Waals surface area (Å²) in [6.45, 7) is 14.6. The molecule has 4 rings (SSSR count). The summed E-state index contributed by atoms with van der Waals surface area (Å²) in [6, 6.07) is 5.58. The Morgan fingerprint density at radius 1 is 1.02 bits per heavy atom. The van der Waals surface area contributed by atoms with Gasteiger partial charge in [0.1, 0.15) is 46.4 Å². The van der Waals surface area contributed by atoms with Gasteiger partial charge in [-0.2, -0.15) is 0 Å². The van der Waals surface area contributed by atoms with Gasteiger partial charge in [0.2, 0.25) is 5.60 Å². The van der Waals surface area contributed by atoms with Crippen LogP contribution in [0.3, 0.4) is 0 Å². The third kappa shape index (κ3) is 10.2. The Bertz CT molecular complexity index is 1840. The van der Waals surface area contributed by atoms with Gasteiger partial charge in [-0.3, -0.25) is 24.0 Å². The van der Waals surface area contributed by atoms with Crippen molar-refractivity contribution in [2.75, 3.05) is 18.2 Å². The number of carbonyl (C=O) groups is 5. The molecule has 0 radical (unpaired) electrons. The van der Waals surface area contributed by atoms with Crippen LogP contribution >= 0.6 is 11.3 Å². The predicted molar refractivity (Wildman–Crippen MR) is 195 cm³/mol. The molecular weight excluding hydrogens is 731 g/mol. The molecule has 0 spiro atoms. The van der Waals surface area contributed by atoms with Gasteiger partial charge in [0, 0.05) is 11.1 Å². The number of methoxy groups -OCH3 is 1. The van der Waals surface area contributed by atoms with E-state index in [1.54, 1.807) is 72.7 Å². The summed E-state index contributed by atoms with van der Waals surface area (Å²) in [4.78, 5) is 77.1. The highest BCUT2D eigenvalue weighted by molar-refractivity contribution is 7.86. The molecule has 3 heterocycles. The molecular formula is C35H45N5O11S2. The topological polar surface area (TPSA) is 201 Å². The van der Waals surface area contributed by atoms with E-state index in [9.17, 15) is 28.2 Å². The largest absolute Gasteiger partial charge is 0.497 e. The first kappa shape index (κ1) is 40.9. The Labute approximate surface area is 314 Å². The van der Waals surface area contributed by atoms with E-state index < -0.39 is 74.6 Å². The van der Waals surface area contributed by atoms with Gasteiger partial charge >= 0.3 is 18.0 Å². The standard InChI is InChI=1S/C35H45N5O11S2/c1-11-20-18-53(46)28-24(27(42)40(28)25(20)29(43)48-16-19-12-14-21(47-10)15-13-19)37-26(41)23(39-51-35(8,9)30(44)49-33(2,3)4)22-17-52-31(36-22)38-32(45)50-34(5,6)7/h12-15,17,24,28H,11,16,18H2,1-10H3,(H,37,41)(H,36,38,45)/b39-23-/t24-,28?,53?/m1/s1. The minimum Gasteiger partial charge on any atom is -0.497 e. The number of rotatable bonds is 12. The van der Waals surface area contributed by atoms with Crippen LogP contribution in [0.25, 0.3) is 0 Å². The van der Waals surface area contributed by atoms with E-state index in [0.29, 0.717) is 23.3 Å². The maximum absolute atomic E-state index is 13.9. The summed E-state index contributed by atoms with van der Waals surface area (Å²) < 4.78 is 34.9. The number of oxime groups is 1. The van der Waals surface area contributed by atoms with Crippen molar-refractivity contribution in [3.63, 3.8) is 0 Å². The quantitative estimate of drug-likeness (QED) is 0.103. The van der Waals surface area contributed by atoms with Gasteiger partial charge in [0.25, 0.3) is 11.8 Å². The summed E-state index contributed by atoms with van der Waals surface area (Å²) in [5.74, 6) is -2.60. The summed E-state index contributed by atoms with van der Waals surface area (Å²) >= 11 is 0.947. The molecule has 1 fully saturated rings. The number of thiazole rings is 1. The number of carbonyl (C=O) groups excluding carboxylic acids is 5. The first-order valence-corrected chi connectivity index (χ1v) is 18.9. The Morgan fingerprint density at radius 2 is 1.66 bits per heavy atom. The van der Waals surface area contributed by atoms with Gasteiger partial charge in [-0.15, -0.1) is 11.3 Å². The number of nitrogens with one attached hydrogen (secondary N) is 2. The summed E-state index contributed by atoms with van der Waals surface area (Å²) in [6.07, 6.45) is -0.460. The van der Waals surface area contributed by atoms with Crippen LogP contribution in [0, 0.1) is 0 Å². The number of amides is 3. The fraction of sp³-hybridized carbons (Fsp3) is 0.514. The van der Waals surface area contributed by atoms with Crippen LogP contribution in [-0.2, 0) is 55.6 Å². The molecule has 0 bridgehead atoms. The van der Waals surface area contributed by atoms with Gasteiger partial charge < -0.3 is 29.1 Å². The van der Waals surface area contributed by atoms with Crippen molar-refractivity contribution >= 4 is 62.8 Å². The van der Waals surface area contributed by atoms with Crippen LogP contribution < -0.4 is 15.4 Å². The van der Waals surface area contributed by atoms with Crippen molar-refractivity contribution < 1.29 is 52.0 Å². The zero-order valence-corrected chi connectivity index (χ0v) is 32.9. The number of benzene rings is 1. The molecule has 3 atom stereocenters. The Balaban J connectivity index is 1.58. The van der Waals surface area contributed by atoms with Crippen molar-refractivity contribution in [2.45, 2.75) is 104 Å². The van der Waals surface area contributed by atoms with E-state index in [-0.39, 0.29) is 28.9 Å². The monoisotopic (exact) mass is 775 g/mol. The molecule has 1 saturated heterocycles. The number of fused-ring (bicyclic) bond motifs is 1.